The number of hydrogen-bond donors (Lipinski definition) is 2. The average molecular weight is 463 g/mol. The highest BCUT2D eigenvalue weighted by Gasteiger charge is 2.15. The van der Waals surface area contributed by atoms with Crippen LogP contribution in [0.25, 0.3) is 0 Å². The van der Waals surface area contributed by atoms with E-state index >= 15 is 0 Å². The van der Waals surface area contributed by atoms with Crippen molar-refractivity contribution in [2.75, 3.05) is 12.4 Å². The third-order valence-electron chi connectivity index (χ3n) is 5.38. The minimum absolute atomic E-state index is 0.0523. The van der Waals surface area contributed by atoms with Crippen molar-refractivity contribution in [2.24, 2.45) is 0 Å². The second-order valence-electron chi connectivity index (χ2n) is 8.02. The molecule has 7 heteroatoms. The van der Waals surface area contributed by atoms with Gasteiger partial charge in [-0.15, -0.1) is 0 Å². The van der Waals surface area contributed by atoms with Crippen LogP contribution < -0.4 is 4.74 Å². The molecule has 0 fully saturated rings. The predicted molar refractivity (Wildman–Crippen MR) is 125 cm³/mol. The topological polar surface area (TPSA) is 101 Å². The van der Waals surface area contributed by atoms with Crippen molar-refractivity contribution in [1.29, 1.82) is 0 Å². The number of carboxylic acid groups (broad SMARTS) is 1. The van der Waals surface area contributed by atoms with E-state index in [1.54, 1.807) is 12.1 Å². The molecule has 0 bridgehead atoms. The van der Waals surface area contributed by atoms with E-state index in [4.69, 9.17) is 9.84 Å². The summed E-state index contributed by atoms with van der Waals surface area (Å²) >= 11 is 0. The van der Waals surface area contributed by atoms with Crippen LogP contribution in [-0.2, 0) is 16.3 Å². The van der Waals surface area contributed by atoms with Crippen molar-refractivity contribution in [3.63, 3.8) is 0 Å². The fraction of sp³-hybridized carbons (Fsp3) is 0.480. The Kier molecular flexibility index (Phi) is 10.5. The Morgan fingerprint density at radius 2 is 1.56 bits per heavy atom. The molecule has 2 aromatic carbocycles. The number of phenols is 1. The third-order valence-corrected chi connectivity index (χ3v) is 7.19. The highest BCUT2D eigenvalue weighted by molar-refractivity contribution is 7.91. The summed E-state index contributed by atoms with van der Waals surface area (Å²) in [6, 6.07) is 11.0. The van der Waals surface area contributed by atoms with Crippen molar-refractivity contribution in [2.45, 2.75) is 69.6 Å². The summed E-state index contributed by atoms with van der Waals surface area (Å²) in [5.74, 6) is -1.38. The minimum atomic E-state index is -3.40. The second-order valence-corrected chi connectivity index (χ2v) is 10.1. The van der Waals surface area contributed by atoms with Gasteiger partial charge in [-0.3, -0.25) is 0 Å². The van der Waals surface area contributed by atoms with Crippen LogP contribution in [0.3, 0.4) is 0 Å². The van der Waals surface area contributed by atoms with E-state index < -0.39 is 15.8 Å². The standard InChI is InChI=1S/C25H34O6S/c1-2-3-4-5-6-7-8-10-20-11-14-22(15-12-20)32(29,30)18-9-17-31-21-13-16-23(25(27)28)24(26)19-21/h11-16,19,26H,2-10,17-18H2,1H3,(H,27,28). The van der Waals surface area contributed by atoms with E-state index in [-0.39, 0.29) is 30.1 Å². The predicted octanol–water partition coefficient (Wildman–Crippen LogP) is 5.63. The number of sulfone groups is 1. The van der Waals surface area contributed by atoms with Crippen LogP contribution in [0.2, 0.25) is 0 Å². The number of rotatable bonds is 15. The number of carboxylic acids is 1. The van der Waals surface area contributed by atoms with E-state index in [9.17, 15) is 18.3 Å². The molecule has 0 aliphatic rings. The van der Waals surface area contributed by atoms with Crippen molar-refractivity contribution < 1.29 is 28.2 Å². The van der Waals surface area contributed by atoms with Crippen molar-refractivity contribution in [3.05, 3.63) is 53.6 Å². The molecule has 0 aliphatic heterocycles. The molecule has 176 valence electrons. The molecule has 0 radical (unpaired) electrons. The van der Waals surface area contributed by atoms with Gasteiger partial charge < -0.3 is 14.9 Å². The molecule has 0 amide bonds. The van der Waals surface area contributed by atoms with E-state index in [0.717, 1.165) is 18.4 Å². The molecule has 0 spiro atoms. The summed E-state index contributed by atoms with van der Waals surface area (Å²) in [5.41, 5.74) is 0.945. The zero-order valence-electron chi connectivity index (χ0n) is 18.8. The van der Waals surface area contributed by atoms with Crippen LogP contribution in [0.1, 0.15) is 74.2 Å². The zero-order chi connectivity index (χ0) is 23.4. The number of aryl methyl sites for hydroxylation is 1. The number of carbonyl (C=O) groups is 1. The third kappa shape index (κ3) is 8.54. The maximum absolute atomic E-state index is 12.6. The molecular weight excluding hydrogens is 428 g/mol. The Morgan fingerprint density at radius 3 is 2.19 bits per heavy atom. The maximum atomic E-state index is 12.6. The van der Waals surface area contributed by atoms with Crippen molar-refractivity contribution >= 4 is 15.8 Å². The first-order valence-electron chi connectivity index (χ1n) is 11.3. The number of ether oxygens (including phenoxy) is 1. The smallest absolute Gasteiger partial charge is 0.339 e. The summed E-state index contributed by atoms with van der Waals surface area (Å²) in [5, 5.41) is 18.6. The lowest BCUT2D eigenvalue weighted by molar-refractivity contribution is 0.0693. The summed E-state index contributed by atoms with van der Waals surface area (Å²) in [6.45, 7) is 2.36. The van der Waals surface area contributed by atoms with Gasteiger partial charge in [-0.2, -0.15) is 0 Å². The lowest BCUT2D eigenvalue weighted by Gasteiger charge is -2.09. The molecule has 0 saturated carbocycles. The summed E-state index contributed by atoms with van der Waals surface area (Å²) < 4.78 is 30.5. The van der Waals surface area contributed by atoms with Crippen LogP contribution in [0.4, 0.5) is 0 Å². The van der Waals surface area contributed by atoms with E-state index in [1.807, 2.05) is 12.1 Å². The molecular formula is C25H34O6S. The fourth-order valence-electron chi connectivity index (χ4n) is 3.49. The molecule has 0 aromatic heterocycles. The summed E-state index contributed by atoms with van der Waals surface area (Å²) in [6.07, 6.45) is 10.0. The van der Waals surface area contributed by atoms with E-state index in [0.29, 0.717) is 10.6 Å². The minimum Gasteiger partial charge on any atom is -0.507 e. The summed E-state index contributed by atoms with van der Waals surface area (Å²) in [4.78, 5) is 11.2. The average Bonchev–Trinajstić information content (AvgIpc) is 2.76. The molecule has 6 nitrogen and oxygen atoms in total. The summed E-state index contributed by atoms with van der Waals surface area (Å²) in [7, 11) is -3.40. The maximum Gasteiger partial charge on any atom is 0.339 e. The lowest BCUT2D eigenvalue weighted by atomic mass is 10.0. The SMILES string of the molecule is CCCCCCCCCc1ccc(S(=O)(=O)CCCOc2ccc(C(=O)O)c(O)c2)cc1. The van der Waals surface area contributed by atoms with Gasteiger partial charge >= 0.3 is 5.97 Å². The quantitative estimate of drug-likeness (QED) is 0.333. The number of hydrogen-bond acceptors (Lipinski definition) is 5. The Morgan fingerprint density at radius 1 is 0.906 bits per heavy atom. The highest BCUT2D eigenvalue weighted by atomic mass is 32.2. The molecule has 2 rings (SSSR count). The molecule has 0 unspecified atom stereocenters. The lowest BCUT2D eigenvalue weighted by Crippen LogP contribution is -2.10. The van der Waals surface area contributed by atoms with Gasteiger partial charge in [-0.05, 0) is 49.1 Å². The monoisotopic (exact) mass is 462 g/mol. The van der Waals surface area contributed by atoms with Crippen LogP contribution in [-0.4, -0.2) is 37.0 Å². The van der Waals surface area contributed by atoms with Gasteiger partial charge in [0, 0.05) is 6.07 Å². The molecule has 0 heterocycles. The van der Waals surface area contributed by atoms with Gasteiger partial charge in [-0.1, -0.05) is 57.6 Å². The van der Waals surface area contributed by atoms with Crippen LogP contribution in [0.5, 0.6) is 11.5 Å². The number of aromatic carboxylic acids is 1. The number of benzene rings is 2. The van der Waals surface area contributed by atoms with Crippen molar-refractivity contribution in [3.8, 4) is 11.5 Å². The van der Waals surface area contributed by atoms with Crippen molar-refractivity contribution in [1.82, 2.24) is 0 Å². The largest absolute Gasteiger partial charge is 0.507 e. The van der Waals surface area contributed by atoms with E-state index in [2.05, 4.69) is 6.92 Å². The highest BCUT2D eigenvalue weighted by Crippen LogP contribution is 2.24. The second kappa shape index (κ2) is 13.1. The van der Waals surface area contributed by atoms with Crippen LogP contribution in [0.15, 0.2) is 47.4 Å². The molecule has 2 N–H and O–H groups in total. The first-order chi connectivity index (χ1) is 15.3. The first kappa shape index (κ1) is 25.7. The Labute approximate surface area is 191 Å². The molecule has 0 atom stereocenters. The first-order valence-corrected chi connectivity index (χ1v) is 13.0. The van der Waals surface area contributed by atoms with Gasteiger partial charge in [0.1, 0.15) is 17.1 Å². The Balaban J connectivity index is 1.74. The number of unbranched alkanes of at least 4 members (excludes halogenated alkanes) is 6. The van der Waals surface area contributed by atoms with Gasteiger partial charge in [0.05, 0.1) is 17.3 Å². The van der Waals surface area contributed by atoms with Gasteiger partial charge in [-0.25, -0.2) is 13.2 Å². The fourth-order valence-corrected chi connectivity index (χ4v) is 4.77. The zero-order valence-corrected chi connectivity index (χ0v) is 19.6. The normalized spacial score (nSPS) is 11.4. The van der Waals surface area contributed by atoms with Gasteiger partial charge in [0.15, 0.2) is 9.84 Å². The number of aromatic hydroxyl groups is 1. The molecule has 0 saturated heterocycles. The molecule has 0 aliphatic carbocycles. The van der Waals surface area contributed by atoms with Crippen LogP contribution >= 0.6 is 0 Å². The van der Waals surface area contributed by atoms with Crippen LogP contribution in [0, 0.1) is 0 Å². The van der Waals surface area contributed by atoms with Gasteiger partial charge in [0.2, 0.25) is 0 Å². The van der Waals surface area contributed by atoms with Gasteiger partial charge in [0.25, 0.3) is 0 Å². The Bertz CT molecular complexity index is 951. The van der Waals surface area contributed by atoms with E-state index in [1.165, 1.54) is 56.7 Å². The Hall–Kier alpha value is -2.54. The molecule has 32 heavy (non-hydrogen) atoms. The molecule has 2 aromatic rings.